The second kappa shape index (κ2) is 5.89. The number of likely N-dealkylation sites (tertiary alicyclic amines) is 1. The second-order valence-electron chi connectivity index (χ2n) is 4.15. The fourth-order valence-electron chi connectivity index (χ4n) is 2.10. The van der Waals surface area contributed by atoms with Crippen LogP contribution < -0.4 is 5.32 Å². The minimum atomic E-state index is -0.321. The van der Waals surface area contributed by atoms with E-state index >= 15 is 0 Å². The van der Waals surface area contributed by atoms with Gasteiger partial charge in [0.2, 0.25) is 0 Å². The molecule has 0 aromatic heterocycles. The van der Waals surface area contributed by atoms with Crippen molar-refractivity contribution >= 4 is 0 Å². The van der Waals surface area contributed by atoms with Gasteiger partial charge in [-0.25, -0.2) is 0 Å². The van der Waals surface area contributed by atoms with Gasteiger partial charge < -0.3 is 4.90 Å². The summed E-state index contributed by atoms with van der Waals surface area (Å²) in [6.07, 6.45) is 4.80. The number of rotatable bonds is 4. The molecule has 0 bridgehead atoms. The molecule has 1 aliphatic heterocycles. The highest BCUT2D eigenvalue weighted by Crippen LogP contribution is 2.21. The summed E-state index contributed by atoms with van der Waals surface area (Å²) in [4.78, 5) is 2.41. The topological polar surface area (TPSA) is 39.1 Å². The zero-order valence-corrected chi connectivity index (χ0v) is 9.63. The molecular formula is C12H21N3. The van der Waals surface area contributed by atoms with Gasteiger partial charge in [0, 0.05) is 13.1 Å². The van der Waals surface area contributed by atoms with E-state index in [0.29, 0.717) is 0 Å². The Kier molecular flexibility index (Phi) is 4.80. The van der Waals surface area contributed by atoms with Gasteiger partial charge in [0.25, 0.3) is 0 Å². The van der Waals surface area contributed by atoms with Crippen LogP contribution in [0.3, 0.4) is 0 Å². The number of hydrogen-bond donors (Lipinski definition) is 1. The van der Waals surface area contributed by atoms with Gasteiger partial charge in [0.1, 0.15) is 5.54 Å². The van der Waals surface area contributed by atoms with Crippen LogP contribution in [-0.4, -0.2) is 36.6 Å². The smallest absolute Gasteiger partial charge is 0.108 e. The van der Waals surface area contributed by atoms with Crippen molar-refractivity contribution in [1.82, 2.24) is 10.2 Å². The molecule has 1 aliphatic rings. The van der Waals surface area contributed by atoms with E-state index in [9.17, 15) is 5.26 Å². The van der Waals surface area contributed by atoms with E-state index in [2.05, 4.69) is 29.8 Å². The molecule has 0 aromatic rings. The van der Waals surface area contributed by atoms with Crippen LogP contribution in [0, 0.1) is 11.3 Å². The van der Waals surface area contributed by atoms with Crippen LogP contribution in [0.4, 0.5) is 0 Å². The third kappa shape index (κ3) is 3.33. The Bertz CT molecular complexity index is 244. The van der Waals surface area contributed by atoms with Crippen molar-refractivity contribution in [3.63, 3.8) is 0 Å². The molecule has 0 aliphatic carbocycles. The van der Waals surface area contributed by atoms with E-state index in [1.165, 1.54) is 0 Å². The van der Waals surface area contributed by atoms with Gasteiger partial charge in [-0.05, 0) is 32.4 Å². The minimum Gasteiger partial charge on any atom is -0.304 e. The van der Waals surface area contributed by atoms with Crippen molar-refractivity contribution in [2.75, 3.05) is 26.2 Å². The Balaban J connectivity index is 2.58. The fourth-order valence-corrected chi connectivity index (χ4v) is 2.10. The summed E-state index contributed by atoms with van der Waals surface area (Å²) in [6, 6.07) is 2.45. The average Bonchev–Trinajstić information content (AvgIpc) is 2.49. The monoisotopic (exact) mass is 207 g/mol. The van der Waals surface area contributed by atoms with E-state index in [1.54, 1.807) is 0 Å². The molecule has 1 rings (SSSR count). The SMILES string of the molecule is C=CCNC1(C#N)CCCN(CC)CC1. The summed E-state index contributed by atoms with van der Waals surface area (Å²) >= 11 is 0. The zero-order valence-electron chi connectivity index (χ0n) is 9.63. The van der Waals surface area contributed by atoms with Crippen molar-refractivity contribution in [2.45, 2.75) is 31.7 Å². The minimum absolute atomic E-state index is 0.321. The predicted octanol–water partition coefficient (Wildman–Crippen LogP) is 1.53. The van der Waals surface area contributed by atoms with E-state index < -0.39 is 0 Å². The van der Waals surface area contributed by atoms with Crippen LogP contribution in [0.15, 0.2) is 12.7 Å². The van der Waals surface area contributed by atoms with Crippen LogP contribution >= 0.6 is 0 Å². The molecule has 0 aromatic carbocycles. The maximum atomic E-state index is 9.29. The highest BCUT2D eigenvalue weighted by atomic mass is 15.1. The Labute approximate surface area is 92.8 Å². The third-order valence-corrected chi connectivity index (χ3v) is 3.18. The van der Waals surface area contributed by atoms with Gasteiger partial charge in [-0.1, -0.05) is 13.0 Å². The lowest BCUT2D eigenvalue weighted by Crippen LogP contribution is -2.44. The van der Waals surface area contributed by atoms with Crippen LogP contribution in [0.25, 0.3) is 0 Å². The molecule has 3 nitrogen and oxygen atoms in total. The lowest BCUT2D eigenvalue weighted by molar-refractivity contribution is 0.290. The summed E-state index contributed by atoms with van der Waals surface area (Å²) < 4.78 is 0. The molecule has 1 heterocycles. The number of hydrogen-bond acceptors (Lipinski definition) is 3. The highest BCUT2D eigenvalue weighted by molar-refractivity contribution is 5.09. The van der Waals surface area contributed by atoms with Crippen LogP contribution in [-0.2, 0) is 0 Å². The van der Waals surface area contributed by atoms with Crippen LogP contribution in [0.5, 0.6) is 0 Å². The number of nitriles is 1. The van der Waals surface area contributed by atoms with Crippen LogP contribution in [0.2, 0.25) is 0 Å². The maximum absolute atomic E-state index is 9.29. The van der Waals surface area contributed by atoms with Crippen molar-refractivity contribution in [2.24, 2.45) is 0 Å². The van der Waals surface area contributed by atoms with Crippen LogP contribution in [0.1, 0.15) is 26.2 Å². The van der Waals surface area contributed by atoms with Crippen molar-refractivity contribution < 1.29 is 0 Å². The molecule has 15 heavy (non-hydrogen) atoms. The Hall–Kier alpha value is -0.850. The van der Waals surface area contributed by atoms with Crippen molar-refractivity contribution in [1.29, 1.82) is 5.26 Å². The van der Waals surface area contributed by atoms with E-state index in [1.807, 2.05) is 6.08 Å². The van der Waals surface area contributed by atoms with Gasteiger partial charge in [-0.15, -0.1) is 6.58 Å². The van der Waals surface area contributed by atoms with E-state index in [-0.39, 0.29) is 5.54 Å². The first-order valence-corrected chi connectivity index (χ1v) is 5.76. The molecule has 3 heteroatoms. The predicted molar refractivity (Wildman–Crippen MR) is 62.5 cm³/mol. The average molecular weight is 207 g/mol. The number of nitrogens with zero attached hydrogens (tertiary/aromatic N) is 2. The standard InChI is InChI=1S/C12H21N3/c1-3-8-14-12(11-13)6-5-9-15(4-2)10-7-12/h3,14H,1,4-10H2,2H3. The zero-order chi connectivity index (χ0) is 11.1. The summed E-state index contributed by atoms with van der Waals surface area (Å²) in [5.74, 6) is 0. The lowest BCUT2D eigenvalue weighted by Gasteiger charge is -2.26. The van der Waals surface area contributed by atoms with Crippen molar-refractivity contribution in [3.05, 3.63) is 12.7 Å². The molecule has 1 atom stereocenters. The Morgan fingerprint density at radius 2 is 2.33 bits per heavy atom. The van der Waals surface area contributed by atoms with Crippen molar-refractivity contribution in [3.8, 4) is 6.07 Å². The lowest BCUT2D eigenvalue weighted by atomic mass is 9.92. The van der Waals surface area contributed by atoms with E-state index in [0.717, 1.165) is 45.4 Å². The maximum Gasteiger partial charge on any atom is 0.108 e. The van der Waals surface area contributed by atoms with Gasteiger partial charge in [-0.2, -0.15) is 5.26 Å². The molecule has 1 saturated heterocycles. The molecular weight excluding hydrogens is 186 g/mol. The highest BCUT2D eigenvalue weighted by Gasteiger charge is 2.31. The molecule has 0 radical (unpaired) electrons. The summed E-state index contributed by atoms with van der Waals surface area (Å²) in [5.41, 5.74) is -0.321. The first kappa shape index (κ1) is 12.2. The molecule has 1 N–H and O–H groups in total. The summed E-state index contributed by atoms with van der Waals surface area (Å²) in [6.45, 7) is 9.81. The fraction of sp³-hybridized carbons (Fsp3) is 0.750. The Morgan fingerprint density at radius 3 is 2.93 bits per heavy atom. The first-order valence-electron chi connectivity index (χ1n) is 5.76. The van der Waals surface area contributed by atoms with E-state index in [4.69, 9.17) is 0 Å². The molecule has 0 saturated carbocycles. The molecule has 0 spiro atoms. The van der Waals surface area contributed by atoms with Gasteiger partial charge in [0.05, 0.1) is 6.07 Å². The quantitative estimate of drug-likeness (QED) is 0.711. The Morgan fingerprint density at radius 1 is 1.53 bits per heavy atom. The number of nitrogens with one attached hydrogen (secondary N) is 1. The molecule has 1 fully saturated rings. The van der Waals surface area contributed by atoms with Gasteiger partial charge >= 0.3 is 0 Å². The molecule has 0 amide bonds. The second-order valence-corrected chi connectivity index (χ2v) is 4.15. The third-order valence-electron chi connectivity index (χ3n) is 3.18. The first-order chi connectivity index (χ1) is 7.26. The molecule has 84 valence electrons. The molecule has 1 unspecified atom stereocenters. The normalized spacial score (nSPS) is 28.0. The summed E-state index contributed by atoms with van der Waals surface area (Å²) in [7, 11) is 0. The largest absolute Gasteiger partial charge is 0.304 e. The summed E-state index contributed by atoms with van der Waals surface area (Å²) in [5, 5.41) is 12.6. The van der Waals surface area contributed by atoms with Gasteiger partial charge in [0.15, 0.2) is 0 Å². The van der Waals surface area contributed by atoms with Gasteiger partial charge in [-0.3, -0.25) is 5.32 Å².